The Kier molecular flexibility index (Phi) is 6.30. The molecule has 0 N–H and O–H groups in total. The van der Waals surface area contributed by atoms with Gasteiger partial charge in [0.2, 0.25) is 0 Å². The second kappa shape index (κ2) is 8.22. The van der Waals surface area contributed by atoms with Crippen molar-refractivity contribution in [3.8, 4) is 0 Å². The normalized spacial score (nSPS) is 19.4. The third-order valence-corrected chi connectivity index (χ3v) is 3.96. The summed E-state index contributed by atoms with van der Waals surface area (Å²) >= 11 is 0. The monoisotopic (exact) mass is 310 g/mol. The summed E-state index contributed by atoms with van der Waals surface area (Å²) < 4.78 is 12.9. The number of piperidine rings is 1. The van der Waals surface area contributed by atoms with E-state index in [1.54, 1.807) is 19.2 Å². The summed E-state index contributed by atoms with van der Waals surface area (Å²) in [7, 11) is 2.99. The minimum atomic E-state index is -0.289. The van der Waals surface area contributed by atoms with Crippen LogP contribution in [0.25, 0.3) is 0 Å². The minimum Gasteiger partial charge on any atom is -0.341 e. The summed E-state index contributed by atoms with van der Waals surface area (Å²) in [5.41, 5.74) is 1.06. The molecule has 1 atom stereocenters. The molecule has 1 aromatic rings. The predicted octanol–water partition coefficient (Wildman–Crippen LogP) is 2.17. The molecular formula is C16H23FN2O3. The Labute approximate surface area is 130 Å². The predicted molar refractivity (Wildman–Crippen MR) is 80.2 cm³/mol. The van der Waals surface area contributed by atoms with Gasteiger partial charge in [-0.15, -0.1) is 0 Å². The highest BCUT2D eigenvalue weighted by molar-refractivity contribution is 5.75. The molecule has 1 aliphatic heterocycles. The van der Waals surface area contributed by atoms with Crippen LogP contribution in [0, 0.1) is 5.82 Å². The number of hydroxylamine groups is 2. The molecule has 6 heteroatoms. The largest absolute Gasteiger partial charge is 0.345 e. The van der Waals surface area contributed by atoms with Crippen LogP contribution < -0.4 is 0 Å². The highest BCUT2D eigenvalue weighted by Gasteiger charge is 2.30. The first-order chi connectivity index (χ1) is 10.6. The average molecular weight is 310 g/mol. The number of nitrogens with zero attached hydrogens (tertiary/aromatic N) is 2. The SMILES string of the molecule is CON(C)OC(=O)C1CCCCN1CCc1ccc(F)cc1. The Morgan fingerprint density at radius 3 is 2.77 bits per heavy atom. The Hall–Kier alpha value is -1.50. The fourth-order valence-corrected chi connectivity index (χ4v) is 2.67. The van der Waals surface area contributed by atoms with Crippen LogP contribution in [0.1, 0.15) is 24.8 Å². The van der Waals surface area contributed by atoms with Gasteiger partial charge in [-0.05, 0) is 48.7 Å². The lowest BCUT2D eigenvalue weighted by Gasteiger charge is -2.34. The Morgan fingerprint density at radius 1 is 1.36 bits per heavy atom. The smallest absolute Gasteiger partial charge is 0.341 e. The van der Waals surface area contributed by atoms with Crippen LogP contribution in [0.5, 0.6) is 0 Å². The van der Waals surface area contributed by atoms with Gasteiger partial charge in [0.15, 0.2) is 0 Å². The third kappa shape index (κ3) is 4.76. The summed E-state index contributed by atoms with van der Waals surface area (Å²) in [6.07, 6.45) is 3.67. The van der Waals surface area contributed by atoms with Gasteiger partial charge in [-0.1, -0.05) is 18.6 Å². The van der Waals surface area contributed by atoms with Crippen LogP contribution in [0.2, 0.25) is 0 Å². The van der Waals surface area contributed by atoms with Gasteiger partial charge in [0, 0.05) is 6.54 Å². The van der Waals surface area contributed by atoms with Crippen LogP contribution >= 0.6 is 0 Å². The van der Waals surface area contributed by atoms with Crippen LogP contribution in [0.3, 0.4) is 0 Å². The number of carbonyl (C=O) groups is 1. The lowest BCUT2D eigenvalue weighted by atomic mass is 10.0. The van der Waals surface area contributed by atoms with Crippen molar-refractivity contribution >= 4 is 5.97 Å². The summed E-state index contributed by atoms with van der Waals surface area (Å²) in [6, 6.07) is 6.25. The molecule has 2 rings (SSSR count). The van der Waals surface area contributed by atoms with Crippen LogP contribution in [-0.4, -0.2) is 49.4 Å². The molecule has 1 unspecified atom stereocenters. The zero-order valence-electron chi connectivity index (χ0n) is 13.1. The maximum Gasteiger partial charge on any atom is 0.345 e. The third-order valence-electron chi connectivity index (χ3n) is 3.96. The molecule has 0 aliphatic carbocycles. The molecular weight excluding hydrogens is 287 g/mol. The zero-order valence-corrected chi connectivity index (χ0v) is 13.1. The van der Waals surface area contributed by atoms with E-state index in [1.165, 1.54) is 19.2 Å². The van der Waals surface area contributed by atoms with Crippen molar-refractivity contribution in [2.45, 2.75) is 31.7 Å². The quantitative estimate of drug-likeness (QED) is 0.753. The first-order valence-corrected chi connectivity index (χ1v) is 7.58. The van der Waals surface area contributed by atoms with Gasteiger partial charge in [0.1, 0.15) is 11.9 Å². The number of hydrogen-bond acceptors (Lipinski definition) is 5. The van der Waals surface area contributed by atoms with Gasteiger partial charge in [-0.25, -0.2) is 9.18 Å². The van der Waals surface area contributed by atoms with Crippen molar-refractivity contribution in [3.05, 3.63) is 35.6 Å². The van der Waals surface area contributed by atoms with Crippen molar-refractivity contribution in [1.82, 2.24) is 10.1 Å². The molecule has 1 heterocycles. The summed E-state index contributed by atoms with van der Waals surface area (Å²) in [5.74, 6) is -0.520. The standard InChI is InChI=1S/C16H23FN2O3/c1-18(21-2)22-16(20)15-5-3-4-11-19(15)12-10-13-6-8-14(17)9-7-13/h6-9,15H,3-5,10-12H2,1-2H3. The Balaban J connectivity index is 1.91. The lowest BCUT2D eigenvalue weighted by molar-refractivity contribution is -0.320. The first-order valence-electron chi connectivity index (χ1n) is 7.58. The molecule has 122 valence electrons. The van der Waals surface area contributed by atoms with E-state index in [1.807, 2.05) is 0 Å². The van der Waals surface area contributed by atoms with Gasteiger partial charge in [-0.3, -0.25) is 9.74 Å². The zero-order chi connectivity index (χ0) is 15.9. The molecule has 0 aromatic heterocycles. The van der Waals surface area contributed by atoms with Crippen LogP contribution in [0.4, 0.5) is 4.39 Å². The molecule has 1 aromatic carbocycles. The van der Waals surface area contributed by atoms with Gasteiger partial charge >= 0.3 is 5.97 Å². The number of carbonyl (C=O) groups excluding carboxylic acids is 1. The molecule has 5 nitrogen and oxygen atoms in total. The molecule has 0 radical (unpaired) electrons. The van der Waals surface area contributed by atoms with Crippen molar-refractivity contribution < 1.29 is 18.9 Å². The molecule has 22 heavy (non-hydrogen) atoms. The van der Waals surface area contributed by atoms with Crippen LogP contribution in [-0.2, 0) is 20.9 Å². The average Bonchev–Trinajstić information content (AvgIpc) is 2.54. The maximum absolute atomic E-state index is 12.9. The summed E-state index contributed by atoms with van der Waals surface area (Å²) in [6.45, 7) is 1.62. The second-order valence-corrected chi connectivity index (χ2v) is 5.46. The fraction of sp³-hybridized carbons (Fsp3) is 0.562. The van der Waals surface area contributed by atoms with Crippen molar-refractivity contribution in [2.24, 2.45) is 0 Å². The van der Waals surface area contributed by atoms with E-state index >= 15 is 0 Å². The van der Waals surface area contributed by atoms with Gasteiger partial charge in [0.25, 0.3) is 0 Å². The van der Waals surface area contributed by atoms with E-state index in [0.29, 0.717) is 0 Å². The van der Waals surface area contributed by atoms with Gasteiger partial charge in [-0.2, -0.15) is 0 Å². The molecule has 1 aliphatic rings. The topological polar surface area (TPSA) is 42.0 Å². The molecule has 1 fully saturated rings. The molecule has 0 bridgehead atoms. The first kappa shape index (κ1) is 16.9. The molecule has 0 amide bonds. The molecule has 0 spiro atoms. The van der Waals surface area contributed by atoms with E-state index in [9.17, 15) is 9.18 Å². The van der Waals surface area contributed by atoms with E-state index in [2.05, 4.69) is 4.90 Å². The number of likely N-dealkylation sites (tertiary alicyclic amines) is 1. The van der Waals surface area contributed by atoms with Gasteiger partial charge in [0.05, 0.1) is 14.2 Å². The minimum absolute atomic E-state index is 0.231. The summed E-state index contributed by atoms with van der Waals surface area (Å²) in [4.78, 5) is 24.3. The van der Waals surface area contributed by atoms with Gasteiger partial charge < -0.3 is 4.84 Å². The van der Waals surface area contributed by atoms with Crippen LogP contribution in [0.15, 0.2) is 24.3 Å². The number of rotatable bonds is 6. The molecule has 0 saturated carbocycles. The van der Waals surface area contributed by atoms with Crippen molar-refractivity contribution in [2.75, 3.05) is 27.2 Å². The van der Waals surface area contributed by atoms with E-state index in [0.717, 1.165) is 49.6 Å². The summed E-state index contributed by atoms with van der Waals surface area (Å²) in [5, 5.41) is 1.06. The lowest BCUT2D eigenvalue weighted by Crippen LogP contribution is -2.47. The Bertz CT molecular complexity index is 481. The van der Waals surface area contributed by atoms with E-state index in [-0.39, 0.29) is 17.8 Å². The van der Waals surface area contributed by atoms with E-state index in [4.69, 9.17) is 9.68 Å². The Morgan fingerprint density at radius 2 is 2.09 bits per heavy atom. The van der Waals surface area contributed by atoms with Crippen molar-refractivity contribution in [1.29, 1.82) is 0 Å². The highest BCUT2D eigenvalue weighted by atomic mass is 19.1. The van der Waals surface area contributed by atoms with Crippen molar-refractivity contribution in [3.63, 3.8) is 0 Å². The highest BCUT2D eigenvalue weighted by Crippen LogP contribution is 2.19. The fourth-order valence-electron chi connectivity index (χ4n) is 2.67. The number of benzene rings is 1. The molecule has 1 saturated heterocycles. The van der Waals surface area contributed by atoms with E-state index < -0.39 is 0 Å². The second-order valence-electron chi connectivity index (χ2n) is 5.46. The number of hydrogen-bond donors (Lipinski definition) is 0. The number of halogens is 1. The maximum atomic E-state index is 12.9.